The third-order valence-electron chi connectivity index (χ3n) is 11.6. The molecule has 0 saturated carbocycles. The van der Waals surface area contributed by atoms with Crippen molar-refractivity contribution in [2.45, 2.75) is 13.0 Å². The molecule has 0 spiro atoms. The summed E-state index contributed by atoms with van der Waals surface area (Å²) < 4.78 is 10.3. The zero-order chi connectivity index (χ0) is 43.0. The molecule has 0 aliphatic carbocycles. The number of rotatable bonds is 9. The van der Waals surface area contributed by atoms with Crippen LogP contribution in [0.4, 0.5) is 5.69 Å². The average molecular weight is 862 g/mol. The molecule has 3 heterocycles. The number of benzene rings is 8. The standard InChI is InChI=1S/C56H39N5OS2/c1-58-55(39-22-12-20-37(32-39)41-26-15-27-43-42-24-8-10-30-47(42)64-53(41)43)61-56(36-18-6-3-7-19-36)59-34-40-23-14-29-46-51(40)50-38(21-13-28-45(50)62-46)33-49-52(44-25-9-11-31-48(44)63-49)60-54(57)35-16-4-2-5-17-35/h2-32H,1,33-34H2,(H2,57,60). The van der Waals surface area contributed by atoms with Crippen LogP contribution in [0.25, 0.3) is 63.3 Å². The highest BCUT2D eigenvalue weighted by atomic mass is 32.1. The lowest BCUT2D eigenvalue weighted by molar-refractivity contribution is 0.668. The molecular weight excluding hydrogens is 823 g/mol. The van der Waals surface area contributed by atoms with E-state index in [0.29, 0.717) is 30.5 Å². The smallest absolute Gasteiger partial charge is 0.161 e. The Bertz CT molecular complexity index is 3650. The highest BCUT2D eigenvalue weighted by molar-refractivity contribution is 7.26. The molecule has 0 aliphatic heterocycles. The average Bonchev–Trinajstić information content (AvgIpc) is 4.04. The van der Waals surface area contributed by atoms with Crippen molar-refractivity contribution in [3.8, 4) is 11.1 Å². The van der Waals surface area contributed by atoms with Gasteiger partial charge >= 0.3 is 0 Å². The number of hydrogen-bond acceptors (Lipinski definition) is 5. The van der Waals surface area contributed by atoms with E-state index in [1.165, 1.54) is 30.4 Å². The normalized spacial score (nSPS) is 12.6. The van der Waals surface area contributed by atoms with Crippen LogP contribution in [0, 0.1) is 0 Å². The van der Waals surface area contributed by atoms with E-state index in [-0.39, 0.29) is 0 Å². The second-order valence-electron chi connectivity index (χ2n) is 15.6. The molecule has 8 heteroatoms. The second kappa shape index (κ2) is 16.8. The predicted octanol–water partition coefficient (Wildman–Crippen LogP) is 14.6. The Hall–Kier alpha value is -7.78. The van der Waals surface area contributed by atoms with Crippen LogP contribution >= 0.6 is 22.7 Å². The zero-order valence-electron chi connectivity index (χ0n) is 34.6. The minimum absolute atomic E-state index is 0.360. The highest BCUT2D eigenvalue weighted by Gasteiger charge is 2.19. The molecule has 8 aromatic carbocycles. The summed E-state index contributed by atoms with van der Waals surface area (Å²) in [6, 6.07) is 64.4. The monoisotopic (exact) mass is 861 g/mol. The Balaban J connectivity index is 0.985. The summed E-state index contributed by atoms with van der Waals surface area (Å²) in [6.45, 7) is 4.35. The van der Waals surface area contributed by atoms with E-state index in [4.69, 9.17) is 25.1 Å². The molecule has 6 nitrogen and oxygen atoms in total. The predicted molar refractivity (Wildman–Crippen MR) is 273 cm³/mol. The second-order valence-corrected chi connectivity index (χ2v) is 17.7. The topological polar surface area (TPSA) is 88.6 Å². The van der Waals surface area contributed by atoms with Crippen molar-refractivity contribution in [1.82, 2.24) is 0 Å². The molecule has 0 aliphatic rings. The van der Waals surface area contributed by atoms with Gasteiger partial charge in [0.15, 0.2) is 11.7 Å². The summed E-state index contributed by atoms with van der Waals surface area (Å²) in [6.07, 6.45) is 0.647. The van der Waals surface area contributed by atoms with Crippen LogP contribution in [0.5, 0.6) is 0 Å². The third-order valence-corrected chi connectivity index (χ3v) is 14.0. The quantitative estimate of drug-likeness (QED) is 0.116. The van der Waals surface area contributed by atoms with Crippen LogP contribution in [-0.2, 0) is 13.0 Å². The number of aliphatic imine (C=N–C) groups is 4. The van der Waals surface area contributed by atoms with Crippen molar-refractivity contribution < 1.29 is 4.42 Å². The van der Waals surface area contributed by atoms with Gasteiger partial charge < -0.3 is 10.2 Å². The highest BCUT2D eigenvalue weighted by Crippen LogP contribution is 2.43. The maximum atomic E-state index is 6.65. The van der Waals surface area contributed by atoms with Crippen molar-refractivity contribution in [2.75, 3.05) is 0 Å². The van der Waals surface area contributed by atoms with Gasteiger partial charge in [-0.3, -0.25) is 4.99 Å². The van der Waals surface area contributed by atoms with Gasteiger partial charge in [-0.2, -0.15) is 0 Å². The Morgan fingerprint density at radius 3 is 1.92 bits per heavy atom. The van der Waals surface area contributed by atoms with Crippen LogP contribution in [-0.4, -0.2) is 24.2 Å². The van der Waals surface area contributed by atoms with E-state index >= 15 is 0 Å². The fraction of sp³-hybridized carbons (Fsp3) is 0.0357. The molecule has 0 radical (unpaired) electrons. The third kappa shape index (κ3) is 7.28. The first-order valence-corrected chi connectivity index (χ1v) is 22.7. The summed E-state index contributed by atoms with van der Waals surface area (Å²) >= 11 is 3.57. The fourth-order valence-corrected chi connectivity index (χ4v) is 11.0. The van der Waals surface area contributed by atoms with E-state index in [9.17, 15) is 0 Å². The van der Waals surface area contributed by atoms with Crippen molar-refractivity contribution in [3.63, 3.8) is 0 Å². The van der Waals surface area contributed by atoms with Crippen LogP contribution < -0.4 is 5.73 Å². The molecule has 2 N–H and O–H groups in total. The van der Waals surface area contributed by atoms with Crippen molar-refractivity contribution in [2.24, 2.45) is 25.7 Å². The van der Waals surface area contributed by atoms with Gasteiger partial charge in [-0.1, -0.05) is 158 Å². The molecule has 11 rings (SSSR count). The summed E-state index contributed by atoms with van der Waals surface area (Å²) in [7, 11) is 0. The molecule has 0 saturated heterocycles. The number of hydrogen-bond donors (Lipinski definition) is 1. The minimum atomic E-state index is 0.360. The van der Waals surface area contributed by atoms with E-state index in [1.54, 1.807) is 11.3 Å². The van der Waals surface area contributed by atoms with Crippen LogP contribution in [0.15, 0.2) is 212 Å². The molecular formula is C56H39N5OS2. The molecule has 11 aromatic rings. The number of nitrogens with two attached hydrogens (primary N) is 1. The maximum Gasteiger partial charge on any atom is 0.161 e. The van der Waals surface area contributed by atoms with Gasteiger partial charge in [0.2, 0.25) is 0 Å². The van der Waals surface area contributed by atoms with E-state index in [1.807, 2.05) is 96.3 Å². The lowest BCUT2D eigenvalue weighted by Gasteiger charge is -2.09. The van der Waals surface area contributed by atoms with Crippen LogP contribution in [0.3, 0.4) is 0 Å². The van der Waals surface area contributed by atoms with Crippen molar-refractivity contribution in [1.29, 1.82) is 0 Å². The van der Waals surface area contributed by atoms with Gasteiger partial charge in [-0.25, -0.2) is 15.0 Å². The molecule has 0 atom stereocenters. The SMILES string of the molecule is C=NC(=NC(=NCc1cccc2oc3cccc(Cc4sc5ccccc5c4N=C(N)c4ccccc4)c3c12)c1ccccc1)c1cccc(-c2cccc3c2sc2ccccc23)c1. The zero-order valence-corrected chi connectivity index (χ0v) is 36.2. The molecule has 0 amide bonds. The molecule has 0 unspecified atom stereocenters. The van der Waals surface area contributed by atoms with Crippen molar-refractivity contribution >= 4 is 105 Å². The van der Waals surface area contributed by atoms with Crippen LogP contribution in [0.1, 0.15) is 32.7 Å². The largest absolute Gasteiger partial charge is 0.456 e. The summed E-state index contributed by atoms with van der Waals surface area (Å²) in [5.74, 6) is 1.55. The molecule has 64 heavy (non-hydrogen) atoms. The molecule has 0 bridgehead atoms. The lowest BCUT2D eigenvalue weighted by Crippen LogP contribution is -2.12. The van der Waals surface area contributed by atoms with Gasteiger partial charge in [-0.05, 0) is 59.3 Å². The van der Waals surface area contributed by atoms with Gasteiger partial charge in [0.05, 0.1) is 12.2 Å². The van der Waals surface area contributed by atoms with E-state index < -0.39 is 0 Å². The number of furan rings is 1. The number of nitrogens with zero attached hydrogens (tertiary/aromatic N) is 4. The van der Waals surface area contributed by atoms with E-state index in [2.05, 4.69) is 115 Å². The van der Waals surface area contributed by atoms with Crippen molar-refractivity contribution in [3.05, 3.63) is 221 Å². The Labute approximate surface area is 377 Å². The number of fused-ring (bicyclic) bond motifs is 7. The first-order valence-electron chi connectivity index (χ1n) is 21.1. The van der Waals surface area contributed by atoms with Gasteiger partial charge in [0.25, 0.3) is 0 Å². The Kier molecular flexibility index (Phi) is 10.3. The Morgan fingerprint density at radius 1 is 0.547 bits per heavy atom. The summed E-state index contributed by atoms with van der Waals surface area (Å²) in [5, 5.41) is 5.72. The summed E-state index contributed by atoms with van der Waals surface area (Å²) in [5.41, 5.74) is 16.2. The summed E-state index contributed by atoms with van der Waals surface area (Å²) in [4.78, 5) is 21.1. The lowest BCUT2D eigenvalue weighted by atomic mass is 9.99. The fourth-order valence-electron chi connectivity index (χ4n) is 8.61. The minimum Gasteiger partial charge on any atom is -0.456 e. The first kappa shape index (κ1) is 39.1. The van der Waals surface area contributed by atoms with E-state index in [0.717, 1.165) is 71.3 Å². The van der Waals surface area contributed by atoms with Gasteiger partial charge in [0, 0.05) is 69.0 Å². The van der Waals surface area contributed by atoms with Crippen LogP contribution in [0.2, 0.25) is 0 Å². The van der Waals surface area contributed by atoms with Gasteiger partial charge in [0.1, 0.15) is 17.0 Å². The molecule has 3 aromatic heterocycles. The van der Waals surface area contributed by atoms with Gasteiger partial charge in [-0.15, -0.1) is 22.7 Å². The number of amidine groups is 3. The molecule has 306 valence electrons. The maximum absolute atomic E-state index is 6.65. The first-order chi connectivity index (χ1) is 31.6. The number of thiophene rings is 2. The Morgan fingerprint density at radius 2 is 1.16 bits per heavy atom. The molecule has 0 fully saturated rings.